The second-order valence-corrected chi connectivity index (χ2v) is 6.02. The average molecular weight is 324 g/mol. The van der Waals surface area contributed by atoms with E-state index >= 15 is 0 Å². The van der Waals surface area contributed by atoms with Crippen LogP contribution >= 0.6 is 0 Å². The van der Waals surface area contributed by atoms with Gasteiger partial charge in [0.25, 0.3) is 5.78 Å². The molecule has 0 spiro atoms. The van der Waals surface area contributed by atoms with Gasteiger partial charge in [0.2, 0.25) is 0 Å². The molecule has 7 heteroatoms. The summed E-state index contributed by atoms with van der Waals surface area (Å²) in [4.78, 5) is 15.5. The zero-order chi connectivity index (χ0) is 16.2. The van der Waals surface area contributed by atoms with Gasteiger partial charge in [-0.05, 0) is 31.0 Å². The van der Waals surface area contributed by atoms with Gasteiger partial charge in [0, 0.05) is 38.3 Å². The Morgan fingerprint density at radius 3 is 2.92 bits per heavy atom. The number of aromatic nitrogens is 5. The first-order chi connectivity index (χ1) is 11.9. The monoisotopic (exact) mass is 324 g/mol. The molecule has 0 saturated carbocycles. The van der Waals surface area contributed by atoms with Crippen molar-refractivity contribution in [3.8, 4) is 0 Å². The maximum Gasteiger partial charge on any atom is 0.252 e. The van der Waals surface area contributed by atoms with E-state index in [0.29, 0.717) is 12.3 Å². The number of hydrogen-bond donors (Lipinski definition) is 0. The molecule has 1 atom stereocenters. The smallest absolute Gasteiger partial charge is 0.252 e. The Labute approximate surface area is 140 Å². The molecule has 24 heavy (non-hydrogen) atoms. The van der Waals surface area contributed by atoms with Crippen LogP contribution < -0.4 is 0 Å². The minimum Gasteiger partial charge on any atom is -0.377 e. The molecular formula is C17H20N6O. The summed E-state index contributed by atoms with van der Waals surface area (Å²) in [6, 6.07) is 7.84. The van der Waals surface area contributed by atoms with Gasteiger partial charge in [-0.2, -0.15) is 4.98 Å². The van der Waals surface area contributed by atoms with E-state index in [4.69, 9.17) is 4.74 Å². The van der Waals surface area contributed by atoms with Crippen molar-refractivity contribution >= 4 is 5.78 Å². The van der Waals surface area contributed by atoms with Crippen molar-refractivity contribution in [3.05, 3.63) is 54.4 Å². The second kappa shape index (κ2) is 7.02. The normalized spacial score (nSPS) is 17.8. The quantitative estimate of drug-likeness (QED) is 0.687. The van der Waals surface area contributed by atoms with Crippen LogP contribution in [-0.2, 0) is 17.8 Å². The van der Waals surface area contributed by atoms with Crippen molar-refractivity contribution in [1.29, 1.82) is 0 Å². The molecule has 1 saturated heterocycles. The molecule has 0 bridgehead atoms. The third kappa shape index (κ3) is 3.58. The summed E-state index contributed by atoms with van der Waals surface area (Å²) < 4.78 is 7.51. The summed E-state index contributed by atoms with van der Waals surface area (Å²) in [6.07, 6.45) is 7.95. The van der Waals surface area contributed by atoms with E-state index < -0.39 is 0 Å². The standard InChI is InChI=1S/C17H20N6O/c1-2-7-18-14(5-1)11-22(12-15-6-3-10-24-15)13-16-20-17-19-8-4-9-23(17)21-16/h1-2,4-5,7-9,15H,3,6,10-13H2. The first kappa shape index (κ1) is 15.2. The predicted molar refractivity (Wildman–Crippen MR) is 88.1 cm³/mol. The number of fused-ring (bicyclic) bond motifs is 1. The van der Waals surface area contributed by atoms with E-state index in [2.05, 4.69) is 25.0 Å². The lowest BCUT2D eigenvalue weighted by atomic mass is 10.2. The largest absolute Gasteiger partial charge is 0.377 e. The average Bonchev–Trinajstić information content (AvgIpc) is 3.24. The van der Waals surface area contributed by atoms with E-state index in [1.165, 1.54) is 0 Å². The zero-order valence-electron chi connectivity index (χ0n) is 13.5. The summed E-state index contributed by atoms with van der Waals surface area (Å²) in [6.45, 7) is 3.13. The topological polar surface area (TPSA) is 68.4 Å². The number of pyridine rings is 1. The fraction of sp³-hybridized carbons (Fsp3) is 0.412. The van der Waals surface area contributed by atoms with Crippen molar-refractivity contribution in [2.75, 3.05) is 13.2 Å². The van der Waals surface area contributed by atoms with Crippen LogP contribution in [0, 0.1) is 0 Å². The number of hydrogen-bond acceptors (Lipinski definition) is 6. The number of rotatable bonds is 6. The highest BCUT2D eigenvalue weighted by atomic mass is 16.5. The van der Waals surface area contributed by atoms with Gasteiger partial charge >= 0.3 is 0 Å². The lowest BCUT2D eigenvalue weighted by Gasteiger charge is -2.23. The minimum atomic E-state index is 0.281. The molecule has 3 aromatic heterocycles. The van der Waals surface area contributed by atoms with Crippen molar-refractivity contribution in [2.45, 2.75) is 32.0 Å². The summed E-state index contributed by atoms with van der Waals surface area (Å²) in [5, 5.41) is 4.51. The first-order valence-electron chi connectivity index (χ1n) is 8.27. The first-order valence-corrected chi connectivity index (χ1v) is 8.27. The van der Waals surface area contributed by atoms with Crippen molar-refractivity contribution < 1.29 is 4.74 Å². The molecule has 0 N–H and O–H groups in total. The Kier molecular flexibility index (Phi) is 4.44. The van der Waals surface area contributed by atoms with Gasteiger partial charge in [0.15, 0.2) is 5.82 Å². The number of ether oxygens (including phenoxy) is 1. The van der Waals surface area contributed by atoms with Crippen LogP contribution in [0.5, 0.6) is 0 Å². The second-order valence-electron chi connectivity index (χ2n) is 6.02. The number of nitrogens with zero attached hydrogens (tertiary/aromatic N) is 6. The van der Waals surface area contributed by atoms with E-state index in [9.17, 15) is 0 Å². The van der Waals surface area contributed by atoms with Gasteiger partial charge in [-0.15, -0.1) is 5.10 Å². The molecule has 1 fully saturated rings. The zero-order valence-corrected chi connectivity index (χ0v) is 13.5. The van der Waals surface area contributed by atoms with Crippen molar-refractivity contribution in [2.24, 2.45) is 0 Å². The highest BCUT2D eigenvalue weighted by Crippen LogP contribution is 2.16. The van der Waals surface area contributed by atoms with Gasteiger partial charge in [0.1, 0.15) is 0 Å². The molecule has 0 radical (unpaired) electrons. The molecule has 0 aromatic carbocycles. The van der Waals surface area contributed by atoms with Crippen LogP contribution in [-0.4, -0.2) is 48.7 Å². The van der Waals surface area contributed by atoms with Crippen LogP contribution in [0.3, 0.4) is 0 Å². The lowest BCUT2D eigenvalue weighted by molar-refractivity contribution is 0.0666. The fourth-order valence-corrected chi connectivity index (χ4v) is 3.02. The third-order valence-electron chi connectivity index (χ3n) is 4.12. The molecule has 1 unspecified atom stereocenters. The van der Waals surface area contributed by atoms with Gasteiger partial charge in [-0.25, -0.2) is 9.50 Å². The Balaban J connectivity index is 1.51. The van der Waals surface area contributed by atoms with Crippen LogP contribution in [0.1, 0.15) is 24.4 Å². The summed E-state index contributed by atoms with van der Waals surface area (Å²) in [5.41, 5.74) is 1.04. The minimum absolute atomic E-state index is 0.281. The maximum atomic E-state index is 5.80. The molecular weight excluding hydrogens is 304 g/mol. The van der Waals surface area contributed by atoms with Crippen molar-refractivity contribution in [3.63, 3.8) is 0 Å². The Bertz CT molecular complexity index is 751. The molecule has 3 aromatic rings. The molecule has 7 nitrogen and oxygen atoms in total. The van der Waals surface area contributed by atoms with Gasteiger partial charge in [-0.1, -0.05) is 6.07 Å². The predicted octanol–water partition coefficient (Wildman–Crippen LogP) is 1.70. The molecule has 4 rings (SSSR count). The summed E-state index contributed by atoms with van der Waals surface area (Å²) >= 11 is 0. The third-order valence-corrected chi connectivity index (χ3v) is 4.12. The summed E-state index contributed by atoms with van der Waals surface area (Å²) in [5.74, 6) is 1.39. The molecule has 0 aliphatic carbocycles. The Morgan fingerprint density at radius 1 is 1.17 bits per heavy atom. The molecule has 1 aliphatic heterocycles. The van der Waals surface area contributed by atoms with E-state index in [0.717, 1.165) is 44.1 Å². The highest BCUT2D eigenvalue weighted by Gasteiger charge is 2.21. The van der Waals surface area contributed by atoms with Crippen molar-refractivity contribution in [1.82, 2.24) is 29.5 Å². The van der Waals surface area contributed by atoms with E-state index in [-0.39, 0.29) is 6.10 Å². The fourth-order valence-electron chi connectivity index (χ4n) is 3.02. The Morgan fingerprint density at radius 2 is 2.12 bits per heavy atom. The van der Waals surface area contributed by atoms with Gasteiger partial charge in [-0.3, -0.25) is 9.88 Å². The molecule has 0 amide bonds. The van der Waals surface area contributed by atoms with Gasteiger partial charge in [0.05, 0.1) is 18.3 Å². The molecule has 4 heterocycles. The molecule has 124 valence electrons. The highest BCUT2D eigenvalue weighted by molar-refractivity contribution is 5.24. The van der Waals surface area contributed by atoms with Crippen LogP contribution in [0.25, 0.3) is 5.78 Å². The molecule has 1 aliphatic rings. The summed E-state index contributed by atoms with van der Waals surface area (Å²) in [7, 11) is 0. The van der Waals surface area contributed by atoms with Crippen LogP contribution in [0.2, 0.25) is 0 Å². The van der Waals surface area contributed by atoms with Crippen LogP contribution in [0.15, 0.2) is 42.9 Å². The lowest BCUT2D eigenvalue weighted by Crippen LogP contribution is -2.32. The SMILES string of the molecule is c1ccc(CN(Cc2nc3ncccn3n2)CC2CCCO2)nc1. The van der Waals surface area contributed by atoms with E-state index in [1.807, 2.05) is 36.7 Å². The van der Waals surface area contributed by atoms with E-state index in [1.54, 1.807) is 10.7 Å². The Hall–Kier alpha value is -2.38. The van der Waals surface area contributed by atoms with Gasteiger partial charge < -0.3 is 4.74 Å². The van der Waals surface area contributed by atoms with Crippen LogP contribution in [0.4, 0.5) is 0 Å². The maximum absolute atomic E-state index is 5.80.